The van der Waals surface area contributed by atoms with Crippen molar-refractivity contribution in [2.45, 2.75) is 11.7 Å². The Morgan fingerprint density at radius 3 is 2.17 bits per heavy atom. The molecule has 12 heavy (non-hydrogen) atoms. The van der Waals surface area contributed by atoms with Crippen molar-refractivity contribution in [2.75, 3.05) is 0 Å². The predicted molar refractivity (Wildman–Crippen MR) is 35.2 cm³/mol. The molecule has 1 unspecified atom stereocenters. The van der Waals surface area contributed by atoms with Crippen molar-refractivity contribution in [2.24, 2.45) is 0 Å². The van der Waals surface area contributed by atoms with E-state index < -0.39 is 21.3 Å². The van der Waals surface area contributed by atoms with Crippen LogP contribution in [0.25, 0.3) is 0 Å². The number of carboxylic acid groups (broad SMARTS) is 1. The number of aliphatic carboxylic acids is 1. The van der Waals surface area contributed by atoms with Crippen LogP contribution in [0.3, 0.4) is 0 Å². The second-order valence-electron chi connectivity index (χ2n) is 1.85. The van der Waals surface area contributed by atoms with Crippen LogP contribution in [-0.2, 0) is 14.9 Å². The zero-order valence-corrected chi connectivity index (χ0v) is 10.5. The average molecular weight is 218 g/mol. The summed E-state index contributed by atoms with van der Waals surface area (Å²) in [4.78, 5) is 10.0. The summed E-state index contributed by atoms with van der Waals surface area (Å²) in [5.74, 6) is -1.83. The van der Waals surface area contributed by atoms with Gasteiger partial charge in [0.05, 0.1) is 5.97 Å². The molecule has 1 N–H and O–H groups in total. The molecule has 0 aliphatic rings. The van der Waals surface area contributed by atoms with E-state index in [0.29, 0.717) is 0 Å². The van der Waals surface area contributed by atoms with Gasteiger partial charge in [0.1, 0.15) is 5.25 Å². The first-order valence-electron chi connectivity index (χ1n) is 2.67. The SMILES string of the molecule is C=CCC(C(=O)[O-])S(=O)(=O)O.[K+]. The molecule has 0 rings (SSSR count). The summed E-state index contributed by atoms with van der Waals surface area (Å²) >= 11 is 0. The molecule has 0 aromatic heterocycles. The fraction of sp³-hybridized carbons (Fsp3) is 0.400. The fourth-order valence-corrected chi connectivity index (χ4v) is 1.11. The maximum Gasteiger partial charge on any atom is 1.00 e. The van der Waals surface area contributed by atoms with E-state index in [4.69, 9.17) is 4.55 Å². The summed E-state index contributed by atoms with van der Waals surface area (Å²) in [6.07, 6.45) is 0.718. The smallest absolute Gasteiger partial charge is 0.549 e. The largest absolute Gasteiger partial charge is 1.00 e. The second kappa shape index (κ2) is 6.25. The summed E-state index contributed by atoms with van der Waals surface area (Å²) < 4.78 is 28.8. The first-order chi connectivity index (χ1) is 4.89. The number of carbonyl (C=O) groups is 1. The van der Waals surface area contributed by atoms with Crippen LogP contribution >= 0.6 is 0 Å². The van der Waals surface area contributed by atoms with Gasteiger partial charge in [0.25, 0.3) is 10.1 Å². The van der Waals surface area contributed by atoms with E-state index in [9.17, 15) is 18.3 Å². The van der Waals surface area contributed by atoms with Crippen LogP contribution < -0.4 is 56.5 Å². The minimum absolute atomic E-state index is 0. The molecule has 0 bridgehead atoms. The molecule has 64 valence electrons. The molecule has 0 radical (unpaired) electrons. The van der Waals surface area contributed by atoms with Crippen LogP contribution in [-0.4, -0.2) is 24.2 Å². The zero-order chi connectivity index (χ0) is 9.07. The minimum atomic E-state index is -4.56. The van der Waals surface area contributed by atoms with E-state index >= 15 is 0 Å². The normalized spacial score (nSPS) is 12.8. The van der Waals surface area contributed by atoms with Crippen LogP contribution in [0.1, 0.15) is 6.42 Å². The minimum Gasteiger partial charge on any atom is -0.549 e. The average Bonchev–Trinajstić information content (AvgIpc) is 1.79. The van der Waals surface area contributed by atoms with E-state index in [2.05, 4.69) is 6.58 Å². The third-order valence-corrected chi connectivity index (χ3v) is 2.11. The van der Waals surface area contributed by atoms with E-state index in [1.54, 1.807) is 0 Å². The van der Waals surface area contributed by atoms with E-state index in [1.807, 2.05) is 0 Å². The van der Waals surface area contributed by atoms with Crippen molar-refractivity contribution in [3.8, 4) is 0 Å². The summed E-state index contributed by atoms with van der Waals surface area (Å²) in [5.41, 5.74) is 0. The van der Waals surface area contributed by atoms with Gasteiger partial charge >= 0.3 is 51.4 Å². The molecule has 0 aromatic carbocycles. The van der Waals surface area contributed by atoms with Gasteiger partial charge in [0, 0.05) is 0 Å². The van der Waals surface area contributed by atoms with Crippen molar-refractivity contribution in [3.63, 3.8) is 0 Å². The van der Waals surface area contributed by atoms with Crippen molar-refractivity contribution in [1.29, 1.82) is 0 Å². The van der Waals surface area contributed by atoms with Gasteiger partial charge in [-0.15, -0.1) is 6.58 Å². The summed E-state index contributed by atoms with van der Waals surface area (Å²) in [5, 5.41) is 8.14. The molecule has 0 aliphatic heterocycles. The Kier molecular flexibility index (Phi) is 7.93. The van der Waals surface area contributed by atoms with Gasteiger partial charge in [0.15, 0.2) is 0 Å². The van der Waals surface area contributed by atoms with Crippen molar-refractivity contribution in [3.05, 3.63) is 12.7 Å². The Bertz CT molecular complexity index is 257. The van der Waals surface area contributed by atoms with Gasteiger partial charge < -0.3 is 9.90 Å². The fourth-order valence-electron chi connectivity index (χ4n) is 0.491. The molecular weight excluding hydrogens is 211 g/mol. The van der Waals surface area contributed by atoms with Gasteiger partial charge in [0.2, 0.25) is 0 Å². The summed E-state index contributed by atoms with van der Waals surface area (Å²) in [6, 6.07) is 0. The number of allylic oxidation sites excluding steroid dienone is 1. The van der Waals surface area contributed by atoms with Crippen LogP contribution in [0.4, 0.5) is 0 Å². The molecule has 0 saturated heterocycles. The number of hydrogen-bond donors (Lipinski definition) is 1. The molecule has 5 nitrogen and oxygen atoms in total. The van der Waals surface area contributed by atoms with Gasteiger partial charge in [-0.3, -0.25) is 4.55 Å². The van der Waals surface area contributed by atoms with E-state index in [1.165, 1.54) is 0 Å². The standard InChI is InChI=1S/C5H8O5S.K/c1-2-3-4(5(6)7)11(8,9)10;/h2,4H,1,3H2,(H,6,7)(H,8,9,10);/q;+1/p-1. The number of hydrogen-bond acceptors (Lipinski definition) is 4. The Morgan fingerprint density at radius 1 is 1.67 bits per heavy atom. The first-order valence-corrected chi connectivity index (χ1v) is 4.18. The monoisotopic (exact) mass is 218 g/mol. The Balaban J connectivity index is 0. The Labute approximate surface area is 113 Å². The van der Waals surface area contributed by atoms with Gasteiger partial charge in [-0.1, -0.05) is 6.08 Å². The maximum atomic E-state index is 10.2. The van der Waals surface area contributed by atoms with Crippen molar-refractivity contribution >= 4 is 16.1 Å². The third-order valence-electron chi connectivity index (χ3n) is 1.00. The Hall–Kier alpha value is 0.756. The second-order valence-corrected chi connectivity index (χ2v) is 3.45. The number of rotatable bonds is 4. The quantitative estimate of drug-likeness (QED) is 0.292. The molecule has 0 amide bonds. The summed E-state index contributed by atoms with van der Waals surface area (Å²) in [7, 11) is -4.56. The van der Waals surface area contributed by atoms with Crippen molar-refractivity contribution in [1.82, 2.24) is 0 Å². The molecule has 0 heterocycles. The van der Waals surface area contributed by atoms with Gasteiger partial charge in [-0.2, -0.15) is 8.42 Å². The zero-order valence-electron chi connectivity index (χ0n) is 6.56. The predicted octanol–water partition coefficient (Wildman–Crippen LogP) is -4.43. The van der Waals surface area contributed by atoms with Crippen LogP contribution in [0.2, 0.25) is 0 Å². The molecule has 0 fully saturated rings. The molecule has 0 spiro atoms. The van der Waals surface area contributed by atoms with Gasteiger partial charge in [-0.05, 0) is 6.42 Å². The first kappa shape index (κ1) is 15.2. The number of carboxylic acids is 1. The molecule has 0 aliphatic carbocycles. The van der Waals surface area contributed by atoms with E-state index in [-0.39, 0.29) is 57.8 Å². The Morgan fingerprint density at radius 2 is 2.08 bits per heavy atom. The molecule has 0 aromatic rings. The number of carbonyl (C=O) groups excluding carboxylic acids is 1. The van der Waals surface area contributed by atoms with Gasteiger partial charge in [-0.25, -0.2) is 0 Å². The van der Waals surface area contributed by atoms with Crippen LogP contribution in [0.15, 0.2) is 12.7 Å². The summed E-state index contributed by atoms with van der Waals surface area (Å²) in [6.45, 7) is 3.13. The topological polar surface area (TPSA) is 94.5 Å². The molecule has 7 heteroatoms. The van der Waals surface area contributed by atoms with Crippen LogP contribution in [0, 0.1) is 0 Å². The third kappa shape index (κ3) is 5.41. The molecule has 1 atom stereocenters. The maximum absolute atomic E-state index is 10.2. The molecule has 0 saturated carbocycles. The molecular formula is C5H7KO5S. The van der Waals surface area contributed by atoms with Crippen molar-refractivity contribution < 1.29 is 74.3 Å². The van der Waals surface area contributed by atoms with Crippen LogP contribution in [0.5, 0.6) is 0 Å². The van der Waals surface area contributed by atoms with E-state index in [0.717, 1.165) is 6.08 Å².